The van der Waals surface area contributed by atoms with Crippen LogP contribution >= 0.6 is 0 Å². The normalized spacial score (nSPS) is 19.4. The molecule has 51 heavy (non-hydrogen) atoms. The molecule has 5 aromatic rings. The third-order valence-electron chi connectivity index (χ3n) is 10.4. The van der Waals surface area contributed by atoms with Crippen molar-refractivity contribution in [3.05, 3.63) is 141 Å². The SMILES string of the molecule is O=C(O)N(C1CN2CCC1CC2)[C@@H](c1ccccc1)c1cccc(OCc2cccc(CCNCC(O)c3ccc(O)c4[nH]c(=O)ccc34)c2)c1. The summed E-state index contributed by atoms with van der Waals surface area (Å²) in [7, 11) is 0. The lowest BCUT2D eigenvalue weighted by Crippen LogP contribution is -2.59. The Morgan fingerprint density at radius 2 is 1.69 bits per heavy atom. The van der Waals surface area contributed by atoms with Gasteiger partial charge in [0.2, 0.25) is 5.56 Å². The van der Waals surface area contributed by atoms with Crippen LogP contribution in [0.4, 0.5) is 4.79 Å². The Hall–Kier alpha value is -5.16. The van der Waals surface area contributed by atoms with E-state index in [1.165, 1.54) is 12.1 Å². The van der Waals surface area contributed by atoms with E-state index >= 15 is 0 Å². The molecule has 1 amide bonds. The second-order valence-electron chi connectivity index (χ2n) is 13.6. The Kier molecular flexibility index (Phi) is 10.3. The number of aromatic nitrogens is 1. The molecule has 3 atom stereocenters. The number of nitrogens with one attached hydrogen (secondary N) is 2. The van der Waals surface area contributed by atoms with E-state index in [1.54, 1.807) is 17.0 Å². The van der Waals surface area contributed by atoms with Gasteiger partial charge in [0.1, 0.15) is 18.1 Å². The lowest BCUT2D eigenvalue weighted by molar-refractivity contribution is -0.000812. The summed E-state index contributed by atoms with van der Waals surface area (Å²) >= 11 is 0. The van der Waals surface area contributed by atoms with Crippen molar-refractivity contribution >= 4 is 17.0 Å². The van der Waals surface area contributed by atoms with Gasteiger partial charge in [-0.3, -0.25) is 9.69 Å². The summed E-state index contributed by atoms with van der Waals surface area (Å²) in [6.45, 7) is 4.15. The van der Waals surface area contributed by atoms with Gasteiger partial charge in [0, 0.05) is 24.5 Å². The predicted molar refractivity (Wildman–Crippen MR) is 196 cm³/mol. The van der Waals surface area contributed by atoms with E-state index < -0.39 is 18.2 Å². The number of piperidine rings is 3. The highest BCUT2D eigenvalue weighted by molar-refractivity contribution is 5.87. The van der Waals surface area contributed by atoms with Crippen LogP contribution in [0.2, 0.25) is 0 Å². The van der Waals surface area contributed by atoms with Crippen molar-refractivity contribution in [1.82, 2.24) is 20.1 Å². The quantitative estimate of drug-likeness (QED) is 0.0974. The van der Waals surface area contributed by atoms with Gasteiger partial charge in [-0.1, -0.05) is 72.8 Å². The fourth-order valence-electron chi connectivity index (χ4n) is 7.79. The fraction of sp³-hybridized carbons (Fsp3) is 0.317. The minimum absolute atomic E-state index is 0.0379. The Bertz CT molecular complexity index is 2030. The van der Waals surface area contributed by atoms with Crippen molar-refractivity contribution in [1.29, 1.82) is 0 Å². The van der Waals surface area contributed by atoms with Gasteiger partial charge < -0.3 is 35.3 Å². The molecule has 0 aliphatic carbocycles. The first-order chi connectivity index (χ1) is 24.8. The molecule has 3 aliphatic heterocycles. The van der Waals surface area contributed by atoms with Crippen LogP contribution in [-0.2, 0) is 13.0 Å². The largest absolute Gasteiger partial charge is 0.506 e. The first-order valence-electron chi connectivity index (χ1n) is 17.7. The van der Waals surface area contributed by atoms with E-state index in [9.17, 15) is 24.9 Å². The zero-order valence-electron chi connectivity index (χ0n) is 28.4. The average Bonchev–Trinajstić information content (AvgIpc) is 3.16. The number of amides is 1. The van der Waals surface area contributed by atoms with Crippen molar-refractivity contribution in [3.63, 3.8) is 0 Å². The summed E-state index contributed by atoms with van der Waals surface area (Å²) in [5.41, 5.74) is 4.58. The topological polar surface area (TPSA) is 138 Å². The number of carboxylic acid groups (broad SMARTS) is 1. The molecule has 2 bridgehead atoms. The first-order valence-corrected chi connectivity index (χ1v) is 17.7. The minimum atomic E-state index is -0.902. The number of nitrogens with zero attached hydrogens (tertiary/aromatic N) is 2. The maximum Gasteiger partial charge on any atom is 0.408 e. The number of ether oxygens (including phenoxy) is 1. The van der Waals surface area contributed by atoms with Crippen molar-refractivity contribution < 1.29 is 24.9 Å². The van der Waals surface area contributed by atoms with Gasteiger partial charge in [-0.2, -0.15) is 0 Å². The average molecular weight is 689 g/mol. The number of aromatic amines is 1. The number of pyridine rings is 1. The highest BCUT2D eigenvalue weighted by atomic mass is 16.5. The Morgan fingerprint density at radius 3 is 2.45 bits per heavy atom. The zero-order chi connectivity index (χ0) is 35.3. The second-order valence-corrected chi connectivity index (χ2v) is 13.6. The molecule has 4 aromatic carbocycles. The van der Waals surface area contributed by atoms with E-state index in [1.807, 2.05) is 66.7 Å². The van der Waals surface area contributed by atoms with Crippen LogP contribution in [0.15, 0.2) is 108 Å². The molecule has 264 valence electrons. The van der Waals surface area contributed by atoms with E-state index in [0.717, 1.165) is 61.2 Å². The number of hydrogen-bond donors (Lipinski definition) is 5. The lowest BCUT2D eigenvalue weighted by atomic mass is 9.81. The number of aliphatic hydroxyl groups is 1. The highest BCUT2D eigenvalue weighted by Crippen LogP contribution is 2.39. The third-order valence-corrected chi connectivity index (χ3v) is 10.4. The van der Waals surface area contributed by atoms with Gasteiger partial charge in [0.25, 0.3) is 0 Å². The van der Waals surface area contributed by atoms with Crippen molar-refractivity contribution in [2.24, 2.45) is 5.92 Å². The maximum absolute atomic E-state index is 13.0. The van der Waals surface area contributed by atoms with Crippen LogP contribution in [0.25, 0.3) is 10.9 Å². The van der Waals surface area contributed by atoms with Gasteiger partial charge in [-0.15, -0.1) is 0 Å². The molecular weight excluding hydrogens is 644 g/mol. The summed E-state index contributed by atoms with van der Waals surface area (Å²) in [6, 6.07) is 31.5. The number of aliphatic hydroxyl groups excluding tert-OH is 1. The van der Waals surface area contributed by atoms with Gasteiger partial charge >= 0.3 is 6.09 Å². The molecule has 10 heteroatoms. The van der Waals surface area contributed by atoms with Crippen LogP contribution in [0, 0.1) is 5.92 Å². The predicted octanol–water partition coefficient (Wildman–Crippen LogP) is 5.84. The summed E-state index contributed by atoms with van der Waals surface area (Å²) in [4.78, 5) is 31.4. The van der Waals surface area contributed by atoms with Gasteiger partial charge in [-0.25, -0.2) is 4.79 Å². The van der Waals surface area contributed by atoms with Gasteiger partial charge in [-0.05, 0) is 96.9 Å². The molecular formula is C41H44N4O6. The highest BCUT2D eigenvalue weighted by Gasteiger charge is 2.43. The van der Waals surface area contributed by atoms with Crippen LogP contribution in [0.5, 0.6) is 11.5 Å². The maximum atomic E-state index is 13.0. The second kappa shape index (κ2) is 15.4. The molecule has 5 N–H and O–H groups in total. The zero-order valence-corrected chi connectivity index (χ0v) is 28.4. The van der Waals surface area contributed by atoms with Gasteiger partial charge in [0.15, 0.2) is 0 Å². The van der Waals surface area contributed by atoms with E-state index in [0.29, 0.717) is 47.8 Å². The molecule has 3 saturated heterocycles. The van der Waals surface area contributed by atoms with Crippen molar-refractivity contribution in [2.45, 2.75) is 44.1 Å². The van der Waals surface area contributed by atoms with E-state index in [-0.39, 0.29) is 17.4 Å². The lowest BCUT2D eigenvalue weighted by Gasteiger charge is -2.50. The molecule has 2 unspecified atom stereocenters. The first kappa shape index (κ1) is 34.3. The number of carbonyl (C=O) groups is 1. The number of H-pyrrole nitrogens is 1. The van der Waals surface area contributed by atoms with Crippen molar-refractivity contribution in [2.75, 3.05) is 32.7 Å². The van der Waals surface area contributed by atoms with E-state index in [4.69, 9.17) is 4.74 Å². The van der Waals surface area contributed by atoms with E-state index in [2.05, 4.69) is 27.3 Å². The molecule has 0 radical (unpaired) electrons. The molecule has 3 fully saturated rings. The van der Waals surface area contributed by atoms with Crippen LogP contribution < -0.4 is 15.6 Å². The number of phenols is 1. The number of fused-ring (bicyclic) bond motifs is 4. The molecule has 1 aromatic heterocycles. The standard InChI is InChI=1S/C41H44N4O6/c46-36-14-12-33(34-13-15-38(48)43-39(34)36)37(47)24-42-19-16-27-6-4-7-28(22-27)26-51-32-11-5-10-31(23-32)40(30-8-2-1-3-9-30)45(41(49)50)35-25-44-20-17-29(35)18-21-44/h1-15,22-23,29,35,37,40,42,46-47H,16-21,24-26H2,(H,43,48)(H,49,50)/t35?,37?,40-/m0/s1. The Morgan fingerprint density at radius 1 is 0.922 bits per heavy atom. The van der Waals surface area contributed by atoms with Crippen LogP contribution in [0.1, 0.15) is 52.8 Å². The number of benzene rings is 4. The van der Waals surface area contributed by atoms with Crippen molar-refractivity contribution in [3.8, 4) is 11.5 Å². The summed E-state index contributed by atoms with van der Waals surface area (Å²) in [5.74, 6) is 1.00. The number of rotatable bonds is 13. The number of hydrogen-bond acceptors (Lipinski definition) is 7. The Labute approximate surface area is 296 Å². The smallest absolute Gasteiger partial charge is 0.408 e. The Balaban J connectivity index is 0.992. The molecule has 10 nitrogen and oxygen atoms in total. The molecule has 0 saturated carbocycles. The summed E-state index contributed by atoms with van der Waals surface area (Å²) in [5, 5.41) is 35.6. The fourth-order valence-corrected chi connectivity index (χ4v) is 7.79. The molecule has 3 aliphatic rings. The van der Waals surface area contributed by atoms with Crippen LogP contribution in [0.3, 0.4) is 0 Å². The third kappa shape index (κ3) is 7.78. The van der Waals surface area contributed by atoms with Gasteiger partial charge in [0.05, 0.1) is 23.7 Å². The molecule has 0 spiro atoms. The van der Waals surface area contributed by atoms with Crippen LogP contribution in [-0.4, -0.2) is 75.0 Å². The molecule has 4 heterocycles. The minimum Gasteiger partial charge on any atom is -0.506 e. The number of phenolic OH excluding ortho intramolecular Hbond substituents is 1. The summed E-state index contributed by atoms with van der Waals surface area (Å²) < 4.78 is 6.30. The summed E-state index contributed by atoms with van der Waals surface area (Å²) in [6.07, 6.45) is 1.06. The molecule has 8 rings (SSSR count). The monoisotopic (exact) mass is 688 g/mol. The number of aromatic hydroxyl groups is 1.